The van der Waals surface area contributed by atoms with E-state index in [1.54, 1.807) is 11.1 Å². The summed E-state index contributed by atoms with van der Waals surface area (Å²) in [6.45, 7) is 3.91. The summed E-state index contributed by atoms with van der Waals surface area (Å²) >= 11 is 0. The van der Waals surface area contributed by atoms with Crippen molar-refractivity contribution in [1.82, 2.24) is 14.7 Å². The fourth-order valence-corrected chi connectivity index (χ4v) is 2.53. The van der Waals surface area contributed by atoms with Gasteiger partial charge in [0.25, 0.3) is 5.91 Å². The number of carbonyl (C=O) groups is 1. The lowest BCUT2D eigenvalue weighted by molar-refractivity contribution is 0.00580. The minimum Gasteiger partial charge on any atom is -0.389 e. The monoisotopic (exact) mass is 249 g/mol. The topological polar surface area (TPSA) is 58.4 Å². The van der Waals surface area contributed by atoms with Gasteiger partial charge in [-0.2, -0.15) is 5.10 Å². The maximum absolute atomic E-state index is 12.3. The summed E-state index contributed by atoms with van der Waals surface area (Å²) < 4.78 is 1.99. The second-order valence-corrected chi connectivity index (χ2v) is 5.30. The van der Waals surface area contributed by atoms with E-state index in [9.17, 15) is 9.90 Å². The van der Waals surface area contributed by atoms with Crippen LogP contribution < -0.4 is 0 Å². The van der Waals surface area contributed by atoms with Crippen LogP contribution in [0.15, 0.2) is 6.20 Å². The van der Waals surface area contributed by atoms with E-state index in [4.69, 9.17) is 0 Å². The Balaban J connectivity index is 1.84. The standard InChI is InChI=1S/C13H19N3O2/c1-2-5-16-12(9-3-4-9)11(6-14-16)13(18)15-7-10(17)8-15/h6,9-10,17H,2-5,7-8H2,1H3. The highest BCUT2D eigenvalue weighted by molar-refractivity contribution is 5.96. The van der Waals surface area contributed by atoms with Crippen molar-refractivity contribution < 1.29 is 9.90 Å². The fourth-order valence-electron chi connectivity index (χ4n) is 2.53. The molecule has 2 fully saturated rings. The Labute approximate surface area is 106 Å². The van der Waals surface area contributed by atoms with Gasteiger partial charge in [0.05, 0.1) is 23.6 Å². The third-order valence-corrected chi connectivity index (χ3v) is 3.66. The first-order valence-corrected chi connectivity index (χ1v) is 6.73. The lowest BCUT2D eigenvalue weighted by Crippen LogP contribution is -2.53. The fraction of sp³-hybridized carbons (Fsp3) is 0.692. The molecule has 0 radical (unpaired) electrons. The van der Waals surface area contributed by atoms with E-state index in [0.29, 0.717) is 19.0 Å². The molecular weight excluding hydrogens is 230 g/mol. The summed E-state index contributed by atoms with van der Waals surface area (Å²) in [6, 6.07) is 0. The smallest absolute Gasteiger partial charge is 0.257 e. The average molecular weight is 249 g/mol. The molecule has 5 nitrogen and oxygen atoms in total. The number of aliphatic hydroxyl groups excluding tert-OH is 1. The number of hydrogen-bond donors (Lipinski definition) is 1. The molecule has 2 aliphatic rings. The summed E-state index contributed by atoms with van der Waals surface area (Å²) in [5.74, 6) is 0.550. The highest BCUT2D eigenvalue weighted by Crippen LogP contribution is 2.42. The van der Waals surface area contributed by atoms with Gasteiger partial charge >= 0.3 is 0 Å². The number of rotatable bonds is 4. The number of amides is 1. The Bertz CT molecular complexity index is 459. The van der Waals surface area contributed by atoms with Gasteiger partial charge in [-0.05, 0) is 19.3 Å². The molecule has 1 aliphatic heterocycles. The zero-order valence-corrected chi connectivity index (χ0v) is 10.7. The van der Waals surface area contributed by atoms with E-state index in [1.165, 1.54) is 0 Å². The lowest BCUT2D eigenvalue weighted by Gasteiger charge is -2.35. The highest BCUT2D eigenvalue weighted by atomic mass is 16.3. The van der Waals surface area contributed by atoms with Gasteiger partial charge in [0, 0.05) is 25.6 Å². The molecule has 2 heterocycles. The molecule has 0 unspecified atom stereocenters. The van der Waals surface area contributed by atoms with E-state index in [0.717, 1.165) is 37.1 Å². The first-order chi connectivity index (χ1) is 8.70. The quantitative estimate of drug-likeness (QED) is 0.865. The van der Waals surface area contributed by atoms with E-state index in [2.05, 4.69) is 12.0 Å². The minimum absolute atomic E-state index is 0.0320. The van der Waals surface area contributed by atoms with Crippen LogP contribution in [0.3, 0.4) is 0 Å². The number of aryl methyl sites for hydroxylation is 1. The summed E-state index contributed by atoms with van der Waals surface area (Å²) in [4.78, 5) is 14.0. The SMILES string of the molecule is CCCn1ncc(C(=O)N2CC(O)C2)c1C1CC1. The molecule has 0 spiro atoms. The van der Waals surface area contributed by atoms with Crippen LogP contribution in [0.2, 0.25) is 0 Å². The van der Waals surface area contributed by atoms with Crippen molar-refractivity contribution in [3.63, 3.8) is 0 Å². The van der Waals surface area contributed by atoms with Gasteiger partial charge in [0.15, 0.2) is 0 Å². The summed E-state index contributed by atoms with van der Waals surface area (Å²) in [6.07, 6.45) is 4.72. The Morgan fingerprint density at radius 3 is 2.78 bits per heavy atom. The van der Waals surface area contributed by atoms with Gasteiger partial charge in [0.1, 0.15) is 0 Å². The molecule has 1 amide bonds. The number of nitrogens with zero attached hydrogens (tertiary/aromatic N) is 3. The predicted octanol–water partition coefficient (Wildman–Crippen LogP) is 0.987. The Morgan fingerprint density at radius 1 is 1.50 bits per heavy atom. The molecule has 0 bridgehead atoms. The van der Waals surface area contributed by atoms with Crippen LogP contribution in [0.4, 0.5) is 0 Å². The highest BCUT2D eigenvalue weighted by Gasteiger charge is 2.36. The molecule has 5 heteroatoms. The molecule has 1 aliphatic carbocycles. The first-order valence-electron chi connectivity index (χ1n) is 6.73. The summed E-state index contributed by atoms with van der Waals surface area (Å²) in [5.41, 5.74) is 1.86. The van der Waals surface area contributed by atoms with Crippen LogP contribution in [0.1, 0.15) is 48.2 Å². The van der Waals surface area contributed by atoms with E-state index in [1.807, 2.05) is 4.68 Å². The molecule has 1 aromatic heterocycles. The zero-order chi connectivity index (χ0) is 12.7. The molecule has 98 valence electrons. The maximum Gasteiger partial charge on any atom is 0.257 e. The van der Waals surface area contributed by atoms with Crippen LogP contribution in [0.25, 0.3) is 0 Å². The predicted molar refractivity (Wildman–Crippen MR) is 66.4 cm³/mol. The largest absolute Gasteiger partial charge is 0.389 e. The van der Waals surface area contributed by atoms with Crippen molar-refractivity contribution in [2.45, 2.75) is 44.8 Å². The van der Waals surface area contributed by atoms with Crippen molar-refractivity contribution in [1.29, 1.82) is 0 Å². The maximum atomic E-state index is 12.3. The molecule has 1 saturated carbocycles. The van der Waals surface area contributed by atoms with Crippen LogP contribution in [0.5, 0.6) is 0 Å². The molecule has 3 rings (SSSR count). The number of carbonyl (C=O) groups excluding carboxylic acids is 1. The normalized spacial score (nSPS) is 20.0. The van der Waals surface area contributed by atoms with Crippen LogP contribution in [-0.2, 0) is 6.54 Å². The van der Waals surface area contributed by atoms with Gasteiger partial charge in [0.2, 0.25) is 0 Å². The molecule has 1 aromatic rings. The second-order valence-electron chi connectivity index (χ2n) is 5.30. The van der Waals surface area contributed by atoms with Gasteiger partial charge in [-0.1, -0.05) is 6.92 Å². The summed E-state index contributed by atoms with van der Waals surface area (Å²) in [5, 5.41) is 13.6. The van der Waals surface area contributed by atoms with E-state index < -0.39 is 0 Å². The average Bonchev–Trinajstić information content (AvgIpc) is 3.07. The Morgan fingerprint density at radius 2 is 2.22 bits per heavy atom. The Hall–Kier alpha value is -1.36. The van der Waals surface area contributed by atoms with Gasteiger partial charge in [-0.3, -0.25) is 9.48 Å². The molecule has 1 saturated heterocycles. The molecule has 1 N–H and O–H groups in total. The van der Waals surface area contributed by atoms with Crippen LogP contribution in [-0.4, -0.2) is 44.9 Å². The van der Waals surface area contributed by atoms with E-state index >= 15 is 0 Å². The van der Waals surface area contributed by atoms with Gasteiger partial charge in [-0.15, -0.1) is 0 Å². The second kappa shape index (κ2) is 4.39. The van der Waals surface area contributed by atoms with Crippen molar-refractivity contribution in [3.05, 3.63) is 17.5 Å². The van der Waals surface area contributed by atoms with Crippen LogP contribution >= 0.6 is 0 Å². The van der Waals surface area contributed by atoms with E-state index in [-0.39, 0.29) is 12.0 Å². The first kappa shape index (κ1) is 11.7. The van der Waals surface area contributed by atoms with Crippen molar-refractivity contribution >= 4 is 5.91 Å². The van der Waals surface area contributed by atoms with Crippen molar-refractivity contribution in [2.24, 2.45) is 0 Å². The van der Waals surface area contributed by atoms with Crippen molar-refractivity contribution in [3.8, 4) is 0 Å². The van der Waals surface area contributed by atoms with Gasteiger partial charge in [-0.25, -0.2) is 0 Å². The lowest BCUT2D eigenvalue weighted by atomic mass is 10.1. The molecular formula is C13H19N3O2. The van der Waals surface area contributed by atoms with Crippen LogP contribution in [0, 0.1) is 0 Å². The molecule has 0 atom stereocenters. The number of aromatic nitrogens is 2. The number of β-amino-alcohol motifs (C(OH)–C–C–N with tert-alkyl or cyclic N) is 1. The zero-order valence-electron chi connectivity index (χ0n) is 10.7. The molecule has 18 heavy (non-hydrogen) atoms. The number of aliphatic hydroxyl groups is 1. The minimum atomic E-state index is -0.344. The number of hydrogen-bond acceptors (Lipinski definition) is 3. The third-order valence-electron chi connectivity index (χ3n) is 3.66. The van der Waals surface area contributed by atoms with Crippen molar-refractivity contribution in [2.75, 3.05) is 13.1 Å². The summed E-state index contributed by atoms with van der Waals surface area (Å²) in [7, 11) is 0. The Kier molecular flexibility index (Phi) is 2.86. The van der Waals surface area contributed by atoms with Gasteiger partial charge < -0.3 is 10.0 Å². The molecule has 0 aromatic carbocycles. The number of likely N-dealkylation sites (tertiary alicyclic amines) is 1. The third kappa shape index (κ3) is 1.92.